The molecule has 1 atom stereocenters. The molecule has 1 aromatic carbocycles. The summed E-state index contributed by atoms with van der Waals surface area (Å²) in [5.74, 6) is -0.162. The van der Waals surface area contributed by atoms with E-state index in [9.17, 15) is 4.39 Å². The molecule has 0 spiro atoms. The van der Waals surface area contributed by atoms with Crippen molar-refractivity contribution in [2.24, 2.45) is 0 Å². The highest BCUT2D eigenvalue weighted by atomic mass is 127. The Morgan fingerprint density at radius 2 is 1.89 bits per heavy atom. The molecule has 1 rings (SSSR count). The zero-order valence-corrected chi connectivity index (χ0v) is 13.2. The van der Waals surface area contributed by atoms with Gasteiger partial charge in [-0.2, -0.15) is 0 Å². The van der Waals surface area contributed by atoms with Gasteiger partial charge in [-0.1, -0.05) is 73.4 Å². The third kappa shape index (κ3) is 5.65. The van der Waals surface area contributed by atoms with Gasteiger partial charge in [0.05, 0.1) is 6.10 Å². The van der Waals surface area contributed by atoms with Crippen molar-refractivity contribution in [3.05, 3.63) is 35.6 Å². The lowest BCUT2D eigenvalue weighted by Crippen LogP contribution is -2.09. The first-order chi connectivity index (χ1) is 8.79. The number of ether oxygens (including phenoxy) is 1. The van der Waals surface area contributed by atoms with Crippen LogP contribution < -0.4 is 0 Å². The quantitative estimate of drug-likeness (QED) is 0.329. The number of alkyl halides is 1. The average Bonchev–Trinajstić information content (AvgIpc) is 2.39. The molecule has 3 heteroatoms. The lowest BCUT2D eigenvalue weighted by Gasteiger charge is -2.16. The summed E-state index contributed by atoms with van der Waals surface area (Å²) in [7, 11) is 0. The van der Waals surface area contributed by atoms with Gasteiger partial charge in [0.1, 0.15) is 5.82 Å². The molecule has 0 amide bonds. The molecular formula is C15H22FIO. The van der Waals surface area contributed by atoms with Crippen molar-refractivity contribution in [1.29, 1.82) is 0 Å². The summed E-state index contributed by atoms with van der Waals surface area (Å²) in [4.78, 5) is 0. The van der Waals surface area contributed by atoms with Crippen molar-refractivity contribution in [3.63, 3.8) is 0 Å². The molecule has 1 aromatic rings. The number of unbranched alkanes of at least 4 members (excludes halogenated alkanes) is 4. The van der Waals surface area contributed by atoms with Crippen molar-refractivity contribution < 1.29 is 9.13 Å². The zero-order valence-electron chi connectivity index (χ0n) is 11.0. The van der Waals surface area contributed by atoms with Gasteiger partial charge in [-0.3, -0.25) is 0 Å². The summed E-state index contributed by atoms with van der Waals surface area (Å²) < 4.78 is 20.2. The van der Waals surface area contributed by atoms with Crippen LogP contribution in [0.4, 0.5) is 4.39 Å². The van der Waals surface area contributed by atoms with Crippen LogP contribution >= 0.6 is 22.6 Å². The molecule has 0 N–H and O–H groups in total. The maximum absolute atomic E-state index is 13.6. The first kappa shape index (κ1) is 15.9. The Hall–Kier alpha value is -0.160. The van der Waals surface area contributed by atoms with Gasteiger partial charge in [0.25, 0.3) is 0 Å². The van der Waals surface area contributed by atoms with Crippen LogP contribution in [-0.2, 0) is 4.74 Å². The van der Waals surface area contributed by atoms with Crippen LogP contribution in [0.3, 0.4) is 0 Å². The highest BCUT2D eigenvalue weighted by molar-refractivity contribution is 14.1. The van der Waals surface area contributed by atoms with Crippen molar-refractivity contribution in [2.75, 3.05) is 11.0 Å². The molecule has 102 valence electrons. The fourth-order valence-electron chi connectivity index (χ4n) is 1.88. The van der Waals surface area contributed by atoms with Crippen LogP contribution in [0.2, 0.25) is 0 Å². The summed E-state index contributed by atoms with van der Waals surface area (Å²) >= 11 is 2.25. The Bertz CT molecular complexity index is 330. The average molecular weight is 364 g/mol. The highest BCUT2D eigenvalue weighted by Gasteiger charge is 2.14. The first-order valence-corrected chi connectivity index (χ1v) is 8.24. The van der Waals surface area contributed by atoms with Crippen LogP contribution in [0.15, 0.2) is 24.3 Å². The van der Waals surface area contributed by atoms with Gasteiger partial charge in [0, 0.05) is 16.6 Å². The second kappa shape index (κ2) is 9.73. The second-order valence-corrected chi connectivity index (χ2v) is 5.33. The molecule has 1 nitrogen and oxygen atoms in total. The lowest BCUT2D eigenvalue weighted by molar-refractivity contribution is 0.0655. The van der Waals surface area contributed by atoms with E-state index in [1.807, 2.05) is 12.1 Å². The molecule has 0 aliphatic carbocycles. The third-order valence-electron chi connectivity index (χ3n) is 2.96. The number of hydrogen-bond acceptors (Lipinski definition) is 1. The maximum Gasteiger partial charge on any atom is 0.129 e. The van der Waals surface area contributed by atoms with E-state index in [-0.39, 0.29) is 11.9 Å². The summed E-state index contributed by atoms with van der Waals surface area (Å²) in [6.07, 6.45) is 5.99. The summed E-state index contributed by atoms with van der Waals surface area (Å²) in [6, 6.07) is 6.89. The van der Waals surface area contributed by atoms with E-state index in [2.05, 4.69) is 29.5 Å². The second-order valence-electron chi connectivity index (χ2n) is 4.45. The molecule has 0 radical (unpaired) electrons. The number of halogens is 2. The van der Waals surface area contributed by atoms with Gasteiger partial charge in [0.15, 0.2) is 0 Å². The van der Waals surface area contributed by atoms with Gasteiger partial charge < -0.3 is 4.74 Å². The standard InChI is InChI=1S/C15H22FIO/c1-2-3-4-5-8-11-18-15(12-17)13-9-6-7-10-14(13)16/h6-7,9-10,15H,2-5,8,11-12H2,1H3. The minimum Gasteiger partial charge on any atom is -0.373 e. The van der Waals surface area contributed by atoms with Crippen LogP contribution in [-0.4, -0.2) is 11.0 Å². The van der Waals surface area contributed by atoms with Gasteiger partial charge in [-0.25, -0.2) is 4.39 Å². The topological polar surface area (TPSA) is 9.23 Å². The Balaban J connectivity index is 2.32. The molecule has 0 aliphatic rings. The third-order valence-corrected chi connectivity index (χ3v) is 3.76. The van der Waals surface area contributed by atoms with Crippen LogP contribution in [0.25, 0.3) is 0 Å². The van der Waals surface area contributed by atoms with E-state index in [1.165, 1.54) is 31.7 Å². The first-order valence-electron chi connectivity index (χ1n) is 6.71. The SMILES string of the molecule is CCCCCCCOC(CI)c1ccccc1F. The van der Waals surface area contributed by atoms with Crippen molar-refractivity contribution in [3.8, 4) is 0 Å². The molecular weight excluding hydrogens is 342 g/mol. The summed E-state index contributed by atoms with van der Waals surface area (Å²) in [5, 5.41) is 0. The van der Waals surface area contributed by atoms with Gasteiger partial charge in [-0.05, 0) is 12.5 Å². The van der Waals surface area contributed by atoms with Crippen molar-refractivity contribution in [2.45, 2.75) is 45.1 Å². The molecule has 0 saturated carbocycles. The number of hydrogen-bond donors (Lipinski definition) is 0. The molecule has 0 bridgehead atoms. The number of rotatable bonds is 9. The van der Waals surface area contributed by atoms with Gasteiger partial charge >= 0.3 is 0 Å². The van der Waals surface area contributed by atoms with E-state index in [1.54, 1.807) is 6.07 Å². The van der Waals surface area contributed by atoms with Gasteiger partial charge in [-0.15, -0.1) is 0 Å². The Morgan fingerprint density at radius 3 is 2.56 bits per heavy atom. The predicted octanol–water partition coefficient (Wildman–Crippen LogP) is 5.29. The minimum atomic E-state index is -0.162. The highest BCUT2D eigenvalue weighted by Crippen LogP contribution is 2.23. The van der Waals surface area contributed by atoms with E-state index in [0.717, 1.165) is 17.5 Å². The maximum atomic E-state index is 13.6. The molecule has 0 aromatic heterocycles. The number of benzene rings is 1. The van der Waals surface area contributed by atoms with E-state index in [4.69, 9.17) is 4.74 Å². The largest absolute Gasteiger partial charge is 0.373 e. The normalized spacial score (nSPS) is 12.6. The predicted molar refractivity (Wildman–Crippen MR) is 82.7 cm³/mol. The molecule has 0 fully saturated rings. The Morgan fingerprint density at radius 1 is 1.17 bits per heavy atom. The Kier molecular flexibility index (Phi) is 8.59. The summed E-state index contributed by atoms with van der Waals surface area (Å²) in [5.41, 5.74) is 0.681. The minimum absolute atomic E-state index is 0.113. The van der Waals surface area contributed by atoms with E-state index >= 15 is 0 Å². The van der Waals surface area contributed by atoms with Crippen molar-refractivity contribution in [1.82, 2.24) is 0 Å². The fourth-order valence-corrected chi connectivity index (χ4v) is 2.61. The van der Waals surface area contributed by atoms with Crippen molar-refractivity contribution >= 4 is 22.6 Å². The van der Waals surface area contributed by atoms with Gasteiger partial charge in [0.2, 0.25) is 0 Å². The Labute approximate surface area is 123 Å². The smallest absolute Gasteiger partial charge is 0.129 e. The molecule has 18 heavy (non-hydrogen) atoms. The van der Waals surface area contributed by atoms with Crippen LogP contribution in [0, 0.1) is 5.82 Å². The van der Waals surface area contributed by atoms with E-state index < -0.39 is 0 Å². The molecule has 0 aliphatic heterocycles. The molecule has 0 heterocycles. The molecule has 0 saturated heterocycles. The lowest BCUT2D eigenvalue weighted by atomic mass is 10.1. The molecule has 1 unspecified atom stereocenters. The zero-order chi connectivity index (χ0) is 13.2. The van der Waals surface area contributed by atoms with E-state index in [0.29, 0.717) is 5.56 Å². The monoisotopic (exact) mass is 364 g/mol. The summed E-state index contributed by atoms with van der Waals surface area (Å²) in [6.45, 7) is 2.94. The fraction of sp³-hybridized carbons (Fsp3) is 0.600. The van der Waals surface area contributed by atoms with Crippen LogP contribution in [0.5, 0.6) is 0 Å². The van der Waals surface area contributed by atoms with Crippen LogP contribution in [0.1, 0.15) is 50.7 Å².